The number of amides is 1. The number of hydrogen-bond acceptors (Lipinski definition) is 4. The highest BCUT2D eigenvalue weighted by Crippen LogP contribution is 2.24. The molecule has 0 saturated heterocycles. The molecule has 1 aromatic heterocycles. The molecule has 2 aromatic rings. The van der Waals surface area contributed by atoms with Gasteiger partial charge >= 0.3 is 0 Å². The molecule has 112 valence electrons. The summed E-state index contributed by atoms with van der Waals surface area (Å²) in [5.74, 6) is 0.928. The molecule has 5 nitrogen and oxygen atoms in total. The van der Waals surface area contributed by atoms with Crippen molar-refractivity contribution in [2.75, 3.05) is 7.05 Å². The standard InChI is InChI=1S/C15H20N4OS/c1-4-13-17-18-15(19(13)3)21-12(14(20)16-2)10-11-8-6-5-7-9-11/h5-9,12H,4,10H2,1-3H3,(H,16,20). The lowest BCUT2D eigenvalue weighted by Gasteiger charge is -2.14. The molecule has 2 rings (SSSR count). The Kier molecular flexibility index (Phi) is 5.38. The van der Waals surface area contributed by atoms with Crippen LogP contribution in [0.3, 0.4) is 0 Å². The first-order valence-electron chi connectivity index (χ1n) is 6.96. The fourth-order valence-electron chi connectivity index (χ4n) is 2.06. The zero-order chi connectivity index (χ0) is 15.2. The van der Waals surface area contributed by atoms with E-state index in [0.29, 0.717) is 6.42 Å². The molecule has 1 N–H and O–H groups in total. The maximum Gasteiger partial charge on any atom is 0.233 e. The van der Waals surface area contributed by atoms with E-state index in [1.54, 1.807) is 7.05 Å². The minimum Gasteiger partial charge on any atom is -0.358 e. The third-order valence-corrected chi connectivity index (χ3v) is 4.52. The van der Waals surface area contributed by atoms with Crippen molar-refractivity contribution < 1.29 is 4.79 Å². The van der Waals surface area contributed by atoms with Gasteiger partial charge in [-0.05, 0) is 12.0 Å². The summed E-state index contributed by atoms with van der Waals surface area (Å²) in [5.41, 5.74) is 1.14. The summed E-state index contributed by atoms with van der Waals surface area (Å²) in [5, 5.41) is 11.6. The maximum absolute atomic E-state index is 12.1. The van der Waals surface area contributed by atoms with Crippen LogP contribution in [0.25, 0.3) is 0 Å². The lowest BCUT2D eigenvalue weighted by molar-refractivity contribution is -0.120. The number of thioether (sulfide) groups is 1. The Balaban J connectivity index is 2.16. The first-order valence-corrected chi connectivity index (χ1v) is 7.84. The molecule has 1 amide bonds. The van der Waals surface area contributed by atoms with E-state index >= 15 is 0 Å². The van der Waals surface area contributed by atoms with Crippen LogP contribution in [0.15, 0.2) is 35.5 Å². The SMILES string of the molecule is CCc1nnc(SC(Cc2ccccc2)C(=O)NC)n1C. The average Bonchev–Trinajstić information content (AvgIpc) is 2.87. The largest absolute Gasteiger partial charge is 0.358 e. The molecule has 1 aromatic carbocycles. The van der Waals surface area contributed by atoms with Gasteiger partial charge < -0.3 is 9.88 Å². The van der Waals surface area contributed by atoms with Gasteiger partial charge in [0.05, 0.1) is 5.25 Å². The molecule has 1 unspecified atom stereocenters. The van der Waals surface area contributed by atoms with Crippen molar-refractivity contribution in [3.63, 3.8) is 0 Å². The van der Waals surface area contributed by atoms with Gasteiger partial charge in [0.2, 0.25) is 5.91 Å². The fourth-order valence-corrected chi connectivity index (χ4v) is 3.17. The van der Waals surface area contributed by atoms with Crippen LogP contribution in [-0.4, -0.2) is 33.0 Å². The van der Waals surface area contributed by atoms with Crippen molar-refractivity contribution in [2.24, 2.45) is 7.05 Å². The van der Waals surface area contributed by atoms with Crippen LogP contribution >= 0.6 is 11.8 Å². The van der Waals surface area contributed by atoms with Crippen LogP contribution < -0.4 is 5.32 Å². The zero-order valence-corrected chi connectivity index (χ0v) is 13.4. The van der Waals surface area contributed by atoms with E-state index in [1.165, 1.54) is 11.8 Å². The van der Waals surface area contributed by atoms with Crippen LogP contribution in [0.1, 0.15) is 18.3 Å². The van der Waals surface area contributed by atoms with Gasteiger partial charge in [0.1, 0.15) is 5.82 Å². The van der Waals surface area contributed by atoms with Crippen molar-refractivity contribution >= 4 is 17.7 Å². The highest BCUT2D eigenvalue weighted by molar-refractivity contribution is 8.00. The second-order valence-electron chi connectivity index (χ2n) is 4.72. The van der Waals surface area contributed by atoms with Gasteiger partial charge in [-0.15, -0.1) is 10.2 Å². The van der Waals surface area contributed by atoms with Crippen LogP contribution in [0.2, 0.25) is 0 Å². The van der Waals surface area contributed by atoms with Gasteiger partial charge in [-0.2, -0.15) is 0 Å². The molecule has 0 saturated carbocycles. The van der Waals surface area contributed by atoms with Crippen molar-refractivity contribution in [2.45, 2.75) is 30.2 Å². The molecule has 6 heteroatoms. The highest BCUT2D eigenvalue weighted by atomic mass is 32.2. The number of benzene rings is 1. The van der Waals surface area contributed by atoms with Crippen molar-refractivity contribution in [1.29, 1.82) is 0 Å². The zero-order valence-electron chi connectivity index (χ0n) is 12.5. The molecule has 21 heavy (non-hydrogen) atoms. The lowest BCUT2D eigenvalue weighted by atomic mass is 10.1. The number of rotatable bonds is 6. The Morgan fingerprint density at radius 2 is 2.05 bits per heavy atom. The molecule has 0 fully saturated rings. The Morgan fingerprint density at radius 3 is 2.62 bits per heavy atom. The molecule has 0 aliphatic rings. The first-order chi connectivity index (χ1) is 10.2. The summed E-state index contributed by atoms with van der Waals surface area (Å²) in [4.78, 5) is 12.1. The van der Waals surface area contributed by atoms with Crippen LogP contribution in [0, 0.1) is 0 Å². The topological polar surface area (TPSA) is 59.8 Å². The predicted molar refractivity (Wildman–Crippen MR) is 84.2 cm³/mol. The first kappa shape index (κ1) is 15.6. The number of hydrogen-bond donors (Lipinski definition) is 1. The third-order valence-electron chi connectivity index (χ3n) is 3.29. The molecular formula is C15H20N4OS. The van der Waals surface area contributed by atoms with E-state index in [1.807, 2.05) is 48.9 Å². The smallest absolute Gasteiger partial charge is 0.233 e. The molecule has 1 atom stereocenters. The molecular weight excluding hydrogens is 284 g/mol. The molecule has 0 aliphatic carbocycles. The maximum atomic E-state index is 12.1. The summed E-state index contributed by atoms with van der Waals surface area (Å²) >= 11 is 1.46. The Hall–Kier alpha value is -1.82. The van der Waals surface area contributed by atoms with E-state index in [0.717, 1.165) is 23.0 Å². The number of nitrogens with one attached hydrogen (secondary N) is 1. The third kappa shape index (κ3) is 3.85. The van der Waals surface area contributed by atoms with Crippen molar-refractivity contribution in [3.05, 3.63) is 41.7 Å². The predicted octanol–water partition coefficient (Wildman–Crippen LogP) is 1.83. The molecule has 0 radical (unpaired) electrons. The van der Waals surface area contributed by atoms with E-state index < -0.39 is 0 Å². The van der Waals surface area contributed by atoms with Crippen LogP contribution in [0.4, 0.5) is 0 Å². The van der Waals surface area contributed by atoms with Gasteiger partial charge in [0.15, 0.2) is 5.16 Å². The summed E-state index contributed by atoms with van der Waals surface area (Å²) in [6.07, 6.45) is 1.49. The van der Waals surface area contributed by atoms with Crippen LogP contribution in [0.5, 0.6) is 0 Å². The van der Waals surface area contributed by atoms with E-state index in [-0.39, 0.29) is 11.2 Å². The summed E-state index contributed by atoms with van der Waals surface area (Å²) in [6, 6.07) is 10.0. The van der Waals surface area contributed by atoms with E-state index in [4.69, 9.17) is 0 Å². The molecule has 0 spiro atoms. The second-order valence-corrected chi connectivity index (χ2v) is 5.89. The quantitative estimate of drug-likeness (QED) is 0.827. The fraction of sp³-hybridized carbons (Fsp3) is 0.400. The van der Waals surface area contributed by atoms with Gasteiger partial charge in [-0.25, -0.2) is 0 Å². The Bertz CT molecular complexity index is 597. The van der Waals surface area contributed by atoms with Gasteiger partial charge in [0.25, 0.3) is 0 Å². The number of aryl methyl sites for hydroxylation is 1. The molecule has 0 bridgehead atoms. The number of carbonyl (C=O) groups is 1. The summed E-state index contributed by atoms with van der Waals surface area (Å²) in [6.45, 7) is 2.04. The summed E-state index contributed by atoms with van der Waals surface area (Å²) < 4.78 is 1.95. The van der Waals surface area contributed by atoms with Crippen LogP contribution in [-0.2, 0) is 24.7 Å². The lowest BCUT2D eigenvalue weighted by Crippen LogP contribution is -2.31. The summed E-state index contributed by atoms with van der Waals surface area (Å²) in [7, 11) is 3.60. The minimum atomic E-state index is -0.218. The Labute approximate surface area is 129 Å². The monoisotopic (exact) mass is 304 g/mol. The van der Waals surface area contributed by atoms with Gasteiger partial charge in [-0.3, -0.25) is 4.79 Å². The van der Waals surface area contributed by atoms with Crippen molar-refractivity contribution in [1.82, 2.24) is 20.1 Å². The number of aromatic nitrogens is 3. The average molecular weight is 304 g/mol. The van der Waals surface area contributed by atoms with Gasteiger partial charge in [-0.1, -0.05) is 49.0 Å². The number of nitrogens with zero attached hydrogens (tertiary/aromatic N) is 3. The Morgan fingerprint density at radius 1 is 1.33 bits per heavy atom. The number of carbonyl (C=O) groups excluding carboxylic acids is 1. The molecule has 1 heterocycles. The molecule has 0 aliphatic heterocycles. The van der Waals surface area contributed by atoms with E-state index in [2.05, 4.69) is 15.5 Å². The minimum absolute atomic E-state index is 0.00454. The highest BCUT2D eigenvalue weighted by Gasteiger charge is 2.22. The normalized spacial score (nSPS) is 12.1. The van der Waals surface area contributed by atoms with E-state index in [9.17, 15) is 4.79 Å². The second kappa shape index (κ2) is 7.26. The van der Waals surface area contributed by atoms with Crippen molar-refractivity contribution in [3.8, 4) is 0 Å². The van der Waals surface area contributed by atoms with Gasteiger partial charge in [0, 0.05) is 20.5 Å².